The van der Waals surface area contributed by atoms with E-state index in [1.165, 1.54) is 0 Å². The smallest absolute Gasteiger partial charge is 0.180 e. The topological polar surface area (TPSA) is 76.7 Å². The normalized spacial score (nSPS) is 12.7. The number of nitrogens with two attached hydrogens (primary N) is 1. The second kappa shape index (κ2) is 4.18. The number of nitrogens with zero attached hydrogens (tertiary/aromatic N) is 3. The molecule has 0 saturated carbocycles. The highest BCUT2D eigenvalue weighted by Gasteiger charge is 2.02. The van der Waals surface area contributed by atoms with E-state index in [1.807, 2.05) is 19.1 Å². The van der Waals surface area contributed by atoms with Crippen LogP contribution in [0, 0.1) is 0 Å². The first-order valence-electron chi connectivity index (χ1n) is 4.84. The fourth-order valence-electron chi connectivity index (χ4n) is 1.25. The van der Waals surface area contributed by atoms with Crippen LogP contribution in [-0.4, -0.2) is 27.5 Å². The number of nitrogens with one attached hydrogen (secondary N) is 1. The Kier molecular flexibility index (Phi) is 2.73. The molecule has 2 aromatic heterocycles. The minimum atomic E-state index is 0.201. The largest absolute Gasteiger partial charge is 0.366 e. The molecule has 0 aliphatic carbocycles. The van der Waals surface area contributed by atoms with Crippen molar-refractivity contribution in [3.8, 4) is 0 Å². The molecule has 3 N–H and O–H groups in total. The average Bonchev–Trinajstić information content (AvgIpc) is 2.29. The summed E-state index contributed by atoms with van der Waals surface area (Å²) in [4.78, 5) is 12.6. The van der Waals surface area contributed by atoms with Gasteiger partial charge in [-0.1, -0.05) is 0 Å². The number of fused-ring (bicyclic) bond motifs is 1. The third-order valence-corrected chi connectivity index (χ3v) is 2.08. The molecule has 0 bridgehead atoms. The lowest BCUT2D eigenvalue weighted by Gasteiger charge is -2.11. The maximum Gasteiger partial charge on any atom is 0.180 e. The molecule has 2 heterocycles. The van der Waals surface area contributed by atoms with Crippen LogP contribution in [0.5, 0.6) is 0 Å². The molecule has 0 aliphatic heterocycles. The van der Waals surface area contributed by atoms with Gasteiger partial charge in [-0.2, -0.15) is 0 Å². The van der Waals surface area contributed by atoms with Crippen molar-refractivity contribution in [3.05, 3.63) is 24.5 Å². The summed E-state index contributed by atoms with van der Waals surface area (Å²) in [5, 5.41) is 3.18. The number of rotatable bonds is 3. The number of pyridine rings is 1. The van der Waals surface area contributed by atoms with Gasteiger partial charge in [-0.25, -0.2) is 9.97 Å². The van der Waals surface area contributed by atoms with E-state index in [0.717, 1.165) is 11.3 Å². The first-order valence-corrected chi connectivity index (χ1v) is 4.84. The van der Waals surface area contributed by atoms with Crippen LogP contribution < -0.4 is 11.1 Å². The Morgan fingerprint density at radius 3 is 2.93 bits per heavy atom. The van der Waals surface area contributed by atoms with Gasteiger partial charge in [0.25, 0.3) is 0 Å². The van der Waals surface area contributed by atoms with Crippen LogP contribution in [0.25, 0.3) is 11.2 Å². The molecule has 5 nitrogen and oxygen atoms in total. The molecule has 2 rings (SSSR count). The predicted molar refractivity (Wildman–Crippen MR) is 59.5 cm³/mol. The maximum absolute atomic E-state index is 5.51. The molecule has 0 spiro atoms. The van der Waals surface area contributed by atoms with Crippen LogP contribution in [0.3, 0.4) is 0 Å². The Morgan fingerprint density at radius 1 is 1.33 bits per heavy atom. The first-order chi connectivity index (χ1) is 7.29. The number of anilines is 1. The SMILES string of the molecule is CC(CN)Nc1ccc2nccnc2n1. The average molecular weight is 203 g/mol. The molecule has 78 valence electrons. The molecule has 0 fully saturated rings. The van der Waals surface area contributed by atoms with Crippen molar-refractivity contribution in [1.82, 2.24) is 15.0 Å². The monoisotopic (exact) mass is 203 g/mol. The van der Waals surface area contributed by atoms with Gasteiger partial charge in [-0.15, -0.1) is 0 Å². The highest BCUT2D eigenvalue weighted by molar-refractivity contribution is 5.71. The lowest BCUT2D eigenvalue weighted by atomic mass is 10.3. The summed E-state index contributed by atoms with van der Waals surface area (Å²) < 4.78 is 0. The molecule has 0 saturated heterocycles. The molecular formula is C10H13N5. The summed E-state index contributed by atoms with van der Waals surface area (Å²) >= 11 is 0. The van der Waals surface area contributed by atoms with Gasteiger partial charge in [0, 0.05) is 25.0 Å². The van der Waals surface area contributed by atoms with Gasteiger partial charge in [0.15, 0.2) is 5.65 Å². The van der Waals surface area contributed by atoms with Crippen molar-refractivity contribution in [2.45, 2.75) is 13.0 Å². The fourth-order valence-corrected chi connectivity index (χ4v) is 1.25. The van der Waals surface area contributed by atoms with E-state index < -0.39 is 0 Å². The fraction of sp³-hybridized carbons (Fsp3) is 0.300. The van der Waals surface area contributed by atoms with E-state index >= 15 is 0 Å². The zero-order valence-corrected chi connectivity index (χ0v) is 8.51. The molecule has 2 aromatic rings. The molecule has 0 aromatic carbocycles. The van der Waals surface area contributed by atoms with Gasteiger partial charge in [-0.05, 0) is 19.1 Å². The van der Waals surface area contributed by atoms with E-state index in [1.54, 1.807) is 12.4 Å². The summed E-state index contributed by atoms with van der Waals surface area (Å²) in [5.41, 5.74) is 6.95. The number of hydrogen-bond donors (Lipinski definition) is 2. The first kappa shape index (κ1) is 9.79. The summed E-state index contributed by atoms with van der Waals surface area (Å²) in [6.45, 7) is 2.57. The zero-order chi connectivity index (χ0) is 10.7. The van der Waals surface area contributed by atoms with Crippen LogP contribution in [0.15, 0.2) is 24.5 Å². The number of hydrogen-bond acceptors (Lipinski definition) is 5. The molecule has 0 aliphatic rings. The lowest BCUT2D eigenvalue weighted by molar-refractivity contribution is 0.799. The van der Waals surface area contributed by atoms with Crippen molar-refractivity contribution >= 4 is 17.0 Å². The van der Waals surface area contributed by atoms with Crippen molar-refractivity contribution in [2.24, 2.45) is 5.73 Å². The van der Waals surface area contributed by atoms with Crippen LogP contribution in [-0.2, 0) is 0 Å². The van der Waals surface area contributed by atoms with Gasteiger partial charge >= 0.3 is 0 Å². The van der Waals surface area contributed by atoms with Crippen molar-refractivity contribution in [2.75, 3.05) is 11.9 Å². The molecule has 5 heteroatoms. The Balaban J connectivity index is 2.30. The highest BCUT2D eigenvalue weighted by atomic mass is 15.0. The van der Waals surface area contributed by atoms with Crippen LogP contribution in [0.4, 0.5) is 5.82 Å². The third kappa shape index (κ3) is 2.19. The standard InChI is InChI=1S/C10H13N5/c1-7(6-11)14-9-3-2-8-10(15-9)13-5-4-12-8/h2-5,7H,6,11H2,1H3,(H,13,14,15). The molecular weight excluding hydrogens is 190 g/mol. The maximum atomic E-state index is 5.51. The third-order valence-electron chi connectivity index (χ3n) is 2.08. The quantitative estimate of drug-likeness (QED) is 0.771. The molecule has 0 radical (unpaired) electrons. The Morgan fingerprint density at radius 2 is 2.13 bits per heavy atom. The van der Waals surface area contributed by atoms with E-state index in [-0.39, 0.29) is 6.04 Å². The summed E-state index contributed by atoms with van der Waals surface area (Å²) in [6.07, 6.45) is 3.28. The second-order valence-corrected chi connectivity index (χ2v) is 3.38. The summed E-state index contributed by atoms with van der Waals surface area (Å²) in [7, 11) is 0. The molecule has 15 heavy (non-hydrogen) atoms. The summed E-state index contributed by atoms with van der Waals surface area (Å²) in [6, 6.07) is 3.97. The van der Waals surface area contributed by atoms with Crippen LogP contribution in [0.2, 0.25) is 0 Å². The second-order valence-electron chi connectivity index (χ2n) is 3.38. The van der Waals surface area contributed by atoms with Gasteiger partial charge < -0.3 is 11.1 Å². The minimum absolute atomic E-state index is 0.201. The predicted octanol–water partition coefficient (Wildman–Crippen LogP) is 0.784. The number of aromatic nitrogens is 3. The Hall–Kier alpha value is -1.75. The van der Waals surface area contributed by atoms with Gasteiger partial charge in [0.2, 0.25) is 0 Å². The van der Waals surface area contributed by atoms with E-state index in [9.17, 15) is 0 Å². The minimum Gasteiger partial charge on any atom is -0.366 e. The molecule has 1 unspecified atom stereocenters. The van der Waals surface area contributed by atoms with E-state index in [2.05, 4.69) is 20.3 Å². The molecule has 1 atom stereocenters. The molecule has 0 amide bonds. The Bertz CT molecular complexity index is 456. The van der Waals surface area contributed by atoms with Crippen molar-refractivity contribution in [3.63, 3.8) is 0 Å². The summed E-state index contributed by atoms with van der Waals surface area (Å²) in [5.74, 6) is 0.779. The van der Waals surface area contributed by atoms with Crippen molar-refractivity contribution in [1.29, 1.82) is 0 Å². The van der Waals surface area contributed by atoms with Crippen LogP contribution >= 0.6 is 0 Å². The van der Waals surface area contributed by atoms with Crippen LogP contribution in [0.1, 0.15) is 6.92 Å². The Labute approximate surface area is 87.8 Å². The van der Waals surface area contributed by atoms with Gasteiger partial charge in [-0.3, -0.25) is 4.98 Å². The highest BCUT2D eigenvalue weighted by Crippen LogP contribution is 2.10. The van der Waals surface area contributed by atoms with Gasteiger partial charge in [0.05, 0.1) is 0 Å². The zero-order valence-electron chi connectivity index (χ0n) is 8.51. The van der Waals surface area contributed by atoms with E-state index in [4.69, 9.17) is 5.73 Å². The lowest BCUT2D eigenvalue weighted by Crippen LogP contribution is -2.25. The van der Waals surface area contributed by atoms with Gasteiger partial charge in [0.1, 0.15) is 11.3 Å². The van der Waals surface area contributed by atoms with Crippen molar-refractivity contribution < 1.29 is 0 Å². The van der Waals surface area contributed by atoms with E-state index in [0.29, 0.717) is 12.2 Å².